The lowest BCUT2D eigenvalue weighted by Gasteiger charge is -1.94. The van der Waals surface area contributed by atoms with Gasteiger partial charge in [0.1, 0.15) is 5.76 Å². The van der Waals surface area contributed by atoms with Gasteiger partial charge in [-0.3, -0.25) is 0 Å². The summed E-state index contributed by atoms with van der Waals surface area (Å²) in [7, 11) is 0. The number of hydrogen-bond donors (Lipinski definition) is 1. The Kier molecular flexibility index (Phi) is 2.14. The van der Waals surface area contributed by atoms with Crippen molar-refractivity contribution >= 4 is 0 Å². The van der Waals surface area contributed by atoms with Crippen molar-refractivity contribution in [2.75, 3.05) is 0 Å². The van der Waals surface area contributed by atoms with Gasteiger partial charge < -0.3 is 9.52 Å². The topological polar surface area (TPSA) is 33.4 Å². The lowest BCUT2D eigenvalue weighted by atomic mass is 10.3. The molecule has 0 aliphatic rings. The maximum Gasteiger partial charge on any atom is 0.172 e. The minimum absolute atomic E-state index is 0.495. The quantitative estimate of drug-likeness (QED) is 0.591. The summed E-state index contributed by atoms with van der Waals surface area (Å²) in [6, 6.07) is 3.41. The number of rotatable bonds is 1. The summed E-state index contributed by atoms with van der Waals surface area (Å²) in [6.07, 6.45) is 0.732. The van der Waals surface area contributed by atoms with Gasteiger partial charge in [0.25, 0.3) is 0 Å². The maximum absolute atomic E-state index is 9.14. The molecule has 1 unspecified atom stereocenters. The van der Waals surface area contributed by atoms with Crippen LogP contribution >= 0.6 is 0 Å². The zero-order valence-electron chi connectivity index (χ0n) is 5.66. The summed E-state index contributed by atoms with van der Waals surface area (Å²) >= 11 is 0. The van der Waals surface area contributed by atoms with Crippen LogP contribution in [-0.4, -0.2) is 5.11 Å². The molecule has 52 valence electrons. The summed E-state index contributed by atoms with van der Waals surface area (Å²) in [5, 5.41) is 9.14. The smallest absolute Gasteiger partial charge is 0.172 e. The molecule has 0 saturated heterocycles. The van der Waals surface area contributed by atoms with Crippen LogP contribution in [0, 0.1) is 11.8 Å². The van der Waals surface area contributed by atoms with Gasteiger partial charge in [0, 0.05) is 0 Å². The van der Waals surface area contributed by atoms with Crippen molar-refractivity contribution < 1.29 is 9.52 Å². The SMILES string of the molecule is CC#CC(O)c1ccco1. The molecule has 0 aromatic carbocycles. The van der Waals surface area contributed by atoms with Crippen LogP contribution in [0.5, 0.6) is 0 Å². The highest BCUT2D eigenvalue weighted by Crippen LogP contribution is 2.10. The third-order valence-corrected chi connectivity index (χ3v) is 1.09. The molecule has 0 fully saturated rings. The number of aliphatic hydroxyl groups excluding tert-OH is 1. The van der Waals surface area contributed by atoms with Gasteiger partial charge in [-0.15, -0.1) is 5.92 Å². The van der Waals surface area contributed by atoms with Gasteiger partial charge in [0.05, 0.1) is 6.26 Å². The highest BCUT2D eigenvalue weighted by atomic mass is 16.4. The Hall–Kier alpha value is -1.20. The summed E-state index contributed by atoms with van der Waals surface area (Å²) in [5.41, 5.74) is 0. The summed E-state index contributed by atoms with van der Waals surface area (Å²) < 4.78 is 4.90. The summed E-state index contributed by atoms with van der Waals surface area (Å²) in [4.78, 5) is 0. The standard InChI is InChI=1S/C8H8O2/c1-2-4-7(9)8-5-3-6-10-8/h3,5-7,9H,1H3. The fourth-order valence-electron chi connectivity index (χ4n) is 0.655. The van der Waals surface area contributed by atoms with E-state index in [2.05, 4.69) is 11.8 Å². The first-order valence-corrected chi connectivity index (χ1v) is 2.98. The molecule has 0 saturated carbocycles. The van der Waals surface area contributed by atoms with Crippen LogP contribution in [0.4, 0.5) is 0 Å². The van der Waals surface area contributed by atoms with Gasteiger partial charge in [0.2, 0.25) is 0 Å². The Morgan fingerprint density at radius 2 is 2.50 bits per heavy atom. The van der Waals surface area contributed by atoms with Crippen molar-refractivity contribution in [3.8, 4) is 11.8 Å². The third kappa shape index (κ3) is 1.40. The molecular formula is C8H8O2. The van der Waals surface area contributed by atoms with Crippen molar-refractivity contribution in [1.82, 2.24) is 0 Å². The molecule has 1 heterocycles. The number of aliphatic hydroxyl groups is 1. The van der Waals surface area contributed by atoms with Crippen LogP contribution in [-0.2, 0) is 0 Å². The van der Waals surface area contributed by atoms with E-state index in [0.717, 1.165) is 0 Å². The molecule has 0 aliphatic heterocycles. The molecule has 2 heteroatoms. The maximum atomic E-state index is 9.14. The van der Waals surface area contributed by atoms with Crippen molar-refractivity contribution in [3.63, 3.8) is 0 Å². The minimum atomic E-state index is -0.778. The predicted octanol–water partition coefficient (Wildman–Crippen LogP) is 1.34. The summed E-state index contributed by atoms with van der Waals surface area (Å²) in [5.74, 6) is 5.65. The van der Waals surface area contributed by atoms with E-state index in [1.165, 1.54) is 6.26 Å². The van der Waals surface area contributed by atoms with Crippen LogP contribution in [0.15, 0.2) is 22.8 Å². The molecule has 0 aliphatic carbocycles. The molecule has 1 aromatic heterocycles. The average molecular weight is 136 g/mol. The Morgan fingerprint density at radius 3 is 3.00 bits per heavy atom. The molecule has 1 rings (SSSR count). The molecule has 1 N–H and O–H groups in total. The monoisotopic (exact) mass is 136 g/mol. The average Bonchev–Trinajstić information content (AvgIpc) is 2.38. The molecule has 0 spiro atoms. The number of hydrogen-bond acceptors (Lipinski definition) is 2. The molecule has 1 aromatic rings. The van der Waals surface area contributed by atoms with E-state index >= 15 is 0 Å². The van der Waals surface area contributed by atoms with Crippen molar-refractivity contribution in [1.29, 1.82) is 0 Å². The van der Waals surface area contributed by atoms with E-state index in [4.69, 9.17) is 9.52 Å². The normalized spacial score (nSPS) is 11.8. The van der Waals surface area contributed by atoms with E-state index in [1.54, 1.807) is 19.1 Å². The second-order valence-electron chi connectivity index (χ2n) is 1.81. The van der Waals surface area contributed by atoms with E-state index in [-0.39, 0.29) is 0 Å². The molecule has 0 amide bonds. The van der Waals surface area contributed by atoms with E-state index in [1.807, 2.05) is 0 Å². The first-order chi connectivity index (χ1) is 4.84. The molecule has 10 heavy (non-hydrogen) atoms. The van der Waals surface area contributed by atoms with Gasteiger partial charge in [-0.2, -0.15) is 0 Å². The van der Waals surface area contributed by atoms with Gasteiger partial charge in [-0.25, -0.2) is 0 Å². The van der Waals surface area contributed by atoms with Crippen molar-refractivity contribution in [2.45, 2.75) is 13.0 Å². The lowest BCUT2D eigenvalue weighted by molar-refractivity contribution is 0.206. The van der Waals surface area contributed by atoms with Gasteiger partial charge >= 0.3 is 0 Å². The molecule has 0 bridgehead atoms. The third-order valence-electron chi connectivity index (χ3n) is 1.09. The van der Waals surface area contributed by atoms with Crippen LogP contribution < -0.4 is 0 Å². The largest absolute Gasteiger partial charge is 0.466 e. The Bertz CT molecular complexity index is 238. The van der Waals surface area contributed by atoms with Crippen molar-refractivity contribution in [3.05, 3.63) is 24.2 Å². The van der Waals surface area contributed by atoms with Crippen LogP contribution in [0.2, 0.25) is 0 Å². The fourth-order valence-corrected chi connectivity index (χ4v) is 0.655. The minimum Gasteiger partial charge on any atom is -0.466 e. The van der Waals surface area contributed by atoms with Crippen LogP contribution in [0.3, 0.4) is 0 Å². The highest BCUT2D eigenvalue weighted by Gasteiger charge is 2.03. The highest BCUT2D eigenvalue weighted by molar-refractivity contribution is 5.14. The molecule has 0 radical (unpaired) electrons. The van der Waals surface area contributed by atoms with Crippen LogP contribution in [0.25, 0.3) is 0 Å². The second-order valence-corrected chi connectivity index (χ2v) is 1.81. The zero-order chi connectivity index (χ0) is 7.40. The van der Waals surface area contributed by atoms with Gasteiger partial charge in [-0.1, -0.05) is 5.92 Å². The first kappa shape index (κ1) is 6.91. The molecule has 1 atom stereocenters. The van der Waals surface area contributed by atoms with Gasteiger partial charge in [-0.05, 0) is 19.1 Å². The Balaban J connectivity index is 2.74. The van der Waals surface area contributed by atoms with E-state index in [9.17, 15) is 0 Å². The number of furan rings is 1. The zero-order valence-corrected chi connectivity index (χ0v) is 5.66. The van der Waals surface area contributed by atoms with E-state index in [0.29, 0.717) is 5.76 Å². The second kappa shape index (κ2) is 3.09. The predicted molar refractivity (Wildman–Crippen MR) is 37.1 cm³/mol. The van der Waals surface area contributed by atoms with E-state index < -0.39 is 6.10 Å². The molecule has 2 nitrogen and oxygen atoms in total. The van der Waals surface area contributed by atoms with Crippen molar-refractivity contribution in [2.24, 2.45) is 0 Å². The van der Waals surface area contributed by atoms with Crippen LogP contribution in [0.1, 0.15) is 18.8 Å². The Morgan fingerprint density at radius 1 is 1.70 bits per heavy atom. The molecular weight excluding hydrogens is 128 g/mol. The summed E-state index contributed by atoms with van der Waals surface area (Å²) in [6.45, 7) is 1.67. The lowest BCUT2D eigenvalue weighted by Crippen LogP contribution is -1.89. The van der Waals surface area contributed by atoms with Gasteiger partial charge in [0.15, 0.2) is 6.10 Å². The fraction of sp³-hybridized carbons (Fsp3) is 0.250. The Labute approximate surface area is 59.5 Å². The first-order valence-electron chi connectivity index (χ1n) is 2.98.